The molecule has 2 N–H and O–H groups in total. The predicted molar refractivity (Wildman–Crippen MR) is 166 cm³/mol. The van der Waals surface area contributed by atoms with Crippen molar-refractivity contribution < 1.29 is 31.9 Å². The van der Waals surface area contributed by atoms with Crippen LogP contribution in [-0.2, 0) is 39.1 Å². The molecular weight excluding hydrogens is 597 g/mol. The second-order valence-corrected chi connectivity index (χ2v) is 12.3. The molecule has 9 nitrogen and oxygen atoms in total. The maximum atomic E-state index is 14.0. The molecule has 0 aliphatic carbocycles. The Morgan fingerprint density at radius 3 is 2.24 bits per heavy atom. The molecule has 0 bridgehead atoms. The van der Waals surface area contributed by atoms with Crippen molar-refractivity contribution in [3.63, 3.8) is 0 Å². The van der Waals surface area contributed by atoms with Crippen LogP contribution in [0.15, 0.2) is 102 Å². The molecule has 0 saturated carbocycles. The van der Waals surface area contributed by atoms with Crippen molar-refractivity contribution in [2.45, 2.75) is 43.8 Å². The van der Waals surface area contributed by atoms with Gasteiger partial charge in [-0.25, -0.2) is 17.5 Å². The van der Waals surface area contributed by atoms with E-state index in [9.17, 15) is 22.4 Å². The van der Waals surface area contributed by atoms with Crippen LogP contribution in [0.4, 0.5) is 4.39 Å². The van der Waals surface area contributed by atoms with Gasteiger partial charge in [0.2, 0.25) is 28.6 Å². The molecule has 1 aliphatic heterocycles. The molecule has 5 rings (SSSR count). The topological polar surface area (TPSA) is 114 Å². The minimum Gasteiger partial charge on any atom is -0.454 e. The number of benzene rings is 4. The number of amides is 2. The lowest BCUT2D eigenvalue weighted by Gasteiger charge is -2.32. The number of nitrogens with one attached hydrogen (secondary N) is 2. The number of carbonyl (C=O) groups is 2. The molecule has 0 spiro atoms. The normalized spacial score (nSPS) is 12.8. The van der Waals surface area contributed by atoms with Crippen LogP contribution < -0.4 is 19.5 Å². The Kier molecular flexibility index (Phi) is 10.1. The highest BCUT2D eigenvalue weighted by molar-refractivity contribution is 7.89. The second-order valence-electron chi connectivity index (χ2n) is 10.5. The molecule has 2 amide bonds. The Morgan fingerprint density at radius 1 is 0.867 bits per heavy atom. The van der Waals surface area contributed by atoms with E-state index in [0.29, 0.717) is 29.0 Å². The minimum absolute atomic E-state index is 0.0548. The van der Waals surface area contributed by atoms with E-state index >= 15 is 0 Å². The van der Waals surface area contributed by atoms with Gasteiger partial charge in [-0.3, -0.25) is 9.59 Å². The standard InChI is InChI=1S/C34H34FN3O6S/c1-2-37-45(41,42)29-16-10-24(11-17-29)13-19-32(39)38(22-25-8-14-28(35)15-9-25)33(27-6-4-3-5-7-27)34(40)36-21-26-12-18-30-31(20-26)44-23-43-30/h3-12,14-18,20,33,37H,2,13,19,21-23H2,1H3,(H,36,40). The van der Waals surface area contributed by atoms with Crippen LogP contribution in [0.5, 0.6) is 11.5 Å². The molecule has 1 aliphatic rings. The monoisotopic (exact) mass is 631 g/mol. The molecule has 11 heteroatoms. The van der Waals surface area contributed by atoms with Crippen molar-refractivity contribution in [3.8, 4) is 11.5 Å². The van der Waals surface area contributed by atoms with Crippen molar-refractivity contribution in [2.24, 2.45) is 0 Å². The van der Waals surface area contributed by atoms with Gasteiger partial charge in [-0.15, -0.1) is 0 Å². The summed E-state index contributed by atoms with van der Waals surface area (Å²) in [4.78, 5) is 29.5. The molecule has 0 radical (unpaired) electrons. The first kappa shape index (κ1) is 31.7. The van der Waals surface area contributed by atoms with Crippen LogP contribution >= 0.6 is 0 Å². The van der Waals surface area contributed by atoms with E-state index < -0.39 is 21.9 Å². The number of halogens is 1. The Balaban J connectivity index is 1.38. The van der Waals surface area contributed by atoms with Gasteiger partial charge >= 0.3 is 0 Å². The Bertz CT molecular complexity index is 1730. The summed E-state index contributed by atoms with van der Waals surface area (Å²) in [6, 6.07) is 25.6. The Hall–Kier alpha value is -4.74. The van der Waals surface area contributed by atoms with Gasteiger partial charge in [-0.1, -0.05) is 67.6 Å². The maximum Gasteiger partial charge on any atom is 0.247 e. The molecule has 0 saturated heterocycles. The van der Waals surface area contributed by atoms with Gasteiger partial charge in [0.1, 0.15) is 11.9 Å². The van der Waals surface area contributed by atoms with E-state index in [1.54, 1.807) is 67.6 Å². The van der Waals surface area contributed by atoms with Crippen LogP contribution in [-0.4, -0.2) is 38.5 Å². The average Bonchev–Trinajstić information content (AvgIpc) is 3.52. The lowest BCUT2D eigenvalue weighted by atomic mass is 10.0. The number of fused-ring (bicyclic) bond motifs is 1. The fourth-order valence-electron chi connectivity index (χ4n) is 5.06. The van der Waals surface area contributed by atoms with Crippen molar-refractivity contribution in [3.05, 3.63) is 125 Å². The lowest BCUT2D eigenvalue weighted by Crippen LogP contribution is -2.43. The number of nitrogens with zero attached hydrogens (tertiary/aromatic N) is 1. The third kappa shape index (κ3) is 8.05. The predicted octanol–water partition coefficient (Wildman–Crippen LogP) is 4.87. The minimum atomic E-state index is -3.60. The Labute approximate surface area is 262 Å². The number of rotatable bonds is 13. The van der Waals surface area contributed by atoms with Crippen molar-refractivity contribution in [2.75, 3.05) is 13.3 Å². The van der Waals surface area contributed by atoms with E-state index in [2.05, 4.69) is 10.0 Å². The third-order valence-electron chi connectivity index (χ3n) is 7.36. The molecule has 0 fully saturated rings. The molecular formula is C34H34FN3O6S. The summed E-state index contributed by atoms with van der Waals surface area (Å²) in [5.41, 5.74) is 2.85. The maximum absolute atomic E-state index is 14.0. The number of carbonyl (C=O) groups excluding carboxylic acids is 2. The summed E-state index contributed by atoms with van der Waals surface area (Å²) in [5, 5.41) is 2.97. The summed E-state index contributed by atoms with van der Waals surface area (Å²) in [5.74, 6) is 0.152. The lowest BCUT2D eigenvalue weighted by molar-refractivity contribution is -0.141. The molecule has 1 unspecified atom stereocenters. The van der Waals surface area contributed by atoms with E-state index in [1.165, 1.54) is 29.2 Å². The third-order valence-corrected chi connectivity index (χ3v) is 8.92. The zero-order valence-corrected chi connectivity index (χ0v) is 25.6. The highest BCUT2D eigenvalue weighted by Crippen LogP contribution is 2.32. The molecule has 45 heavy (non-hydrogen) atoms. The average molecular weight is 632 g/mol. The number of ether oxygens (including phenoxy) is 2. The SMILES string of the molecule is CCNS(=O)(=O)c1ccc(CCC(=O)N(Cc2ccc(F)cc2)C(C(=O)NCc2ccc3c(c2)OCO3)c2ccccc2)cc1. The van der Waals surface area contributed by atoms with Gasteiger partial charge in [-0.05, 0) is 65.1 Å². The van der Waals surface area contributed by atoms with E-state index in [-0.39, 0.29) is 49.6 Å². The van der Waals surface area contributed by atoms with Crippen molar-refractivity contribution in [1.29, 1.82) is 0 Å². The summed E-state index contributed by atoms with van der Waals surface area (Å²) in [6.07, 6.45) is 0.375. The fourth-order valence-corrected chi connectivity index (χ4v) is 6.10. The van der Waals surface area contributed by atoms with Gasteiger partial charge < -0.3 is 19.7 Å². The quantitative estimate of drug-likeness (QED) is 0.218. The van der Waals surface area contributed by atoms with E-state index in [0.717, 1.165) is 11.1 Å². The number of hydrogen-bond donors (Lipinski definition) is 2. The number of hydrogen-bond acceptors (Lipinski definition) is 6. The molecule has 1 heterocycles. The van der Waals surface area contributed by atoms with Gasteiger partial charge in [0, 0.05) is 26.1 Å². The number of aryl methyl sites for hydroxylation is 1. The molecule has 234 valence electrons. The second kappa shape index (κ2) is 14.4. The van der Waals surface area contributed by atoms with Crippen LogP contribution in [0.25, 0.3) is 0 Å². The Morgan fingerprint density at radius 2 is 1.53 bits per heavy atom. The zero-order valence-electron chi connectivity index (χ0n) is 24.7. The van der Waals surface area contributed by atoms with Gasteiger partial charge in [0.15, 0.2) is 11.5 Å². The summed E-state index contributed by atoms with van der Waals surface area (Å²) in [6.45, 7) is 2.38. The van der Waals surface area contributed by atoms with Crippen LogP contribution in [0.2, 0.25) is 0 Å². The van der Waals surface area contributed by atoms with Crippen LogP contribution in [0.1, 0.15) is 41.6 Å². The highest BCUT2D eigenvalue weighted by atomic mass is 32.2. The van der Waals surface area contributed by atoms with Crippen LogP contribution in [0, 0.1) is 5.82 Å². The summed E-state index contributed by atoms with van der Waals surface area (Å²) in [7, 11) is -3.60. The molecule has 4 aromatic rings. The zero-order chi connectivity index (χ0) is 31.8. The van der Waals surface area contributed by atoms with Gasteiger partial charge in [-0.2, -0.15) is 0 Å². The molecule has 0 aromatic heterocycles. The smallest absolute Gasteiger partial charge is 0.247 e. The van der Waals surface area contributed by atoms with Gasteiger partial charge in [0.25, 0.3) is 0 Å². The van der Waals surface area contributed by atoms with Gasteiger partial charge in [0.05, 0.1) is 4.90 Å². The van der Waals surface area contributed by atoms with E-state index in [1.807, 2.05) is 12.1 Å². The van der Waals surface area contributed by atoms with Crippen molar-refractivity contribution >= 4 is 21.8 Å². The first-order chi connectivity index (χ1) is 21.7. The number of sulfonamides is 1. The van der Waals surface area contributed by atoms with Crippen molar-refractivity contribution in [1.82, 2.24) is 14.9 Å². The first-order valence-electron chi connectivity index (χ1n) is 14.6. The summed E-state index contributed by atoms with van der Waals surface area (Å²) >= 11 is 0. The molecule has 1 atom stereocenters. The summed E-state index contributed by atoms with van der Waals surface area (Å²) < 4.78 is 51.7. The van der Waals surface area contributed by atoms with E-state index in [4.69, 9.17) is 9.47 Å². The largest absolute Gasteiger partial charge is 0.454 e. The first-order valence-corrected chi connectivity index (χ1v) is 16.1. The van der Waals surface area contributed by atoms with Crippen LogP contribution in [0.3, 0.4) is 0 Å². The highest BCUT2D eigenvalue weighted by Gasteiger charge is 2.31. The fraction of sp³-hybridized carbons (Fsp3) is 0.235. The molecule has 4 aromatic carbocycles.